The zero-order valence-corrected chi connectivity index (χ0v) is 16.9. The Kier molecular flexibility index (Phi) is 4.31. The van der Waals surface area contributed by atoms with Gasteiger partial charge in [-0.25, -0.2) is 9.78 Å². The molecule has 0 saturated carbocycles. The molecule has 3 aromatic rings. The van der Waals surface area contributed by atoms with E-state index >= 15 is 0 Å². The molecule has 2 aliphatic heterocycles. The van der Waals surface area contributed by atoms with Crippen molar-refractivity contribution in [3.8, 4) is 11.1 Å². The van der Waals surface area contributed by atoms with Crippen LogP contribution in [0.25, 0.3) is 22.2 Å². The molecule has 29 heavy (non-hydrogen) atoms. The molecule has 1 aromatic carbocycles. The Balaban J connectivity index is 1.65. The van der Waals surface area contributed by atoms with Crippen molar-refractivity contribution in [3.05, 3.63) is 35.5 Å². The highest BCUT2D eigenvalue weighted by Crippen LogP contribution is 2.35. The first kappa shape index (κ1) is 18.2. The van der Waals surface area contributed by atoms with Crippen molar-refractivity contribution >= 4 is 17.1 Å². The maximum atomic E-state index is 11.8. The summed E-state index contributed by atoms with van der Waals surface area (Å²) in [6.07, 6.45) is 1.41. The van der Waals surface area contributed by atoms with Gasteiger partial charge in [0.25, 0.3) is 0 Å². The first-order valence-electron chi connectivity index (χ1n) is 10.1. The van der Waals surface area contributed by atoms with Crippen LogP contribution in [0.5, 0.6) is 0 Å². The van der Waals surface area contributed by atoms with Crippen molar-refractivity contribution in [2.24, 2.45) is 0 Å². The van der Waals surface area contributed by atoms with Crippen molar-refractivity contribution in [2.75, 3.05) is 26.7 Å². The minimum Gasteiger partial charge on any atom is -0.449 e. The maximum Gasteiger partial charge on any atom is 0.407 e. The van der Waals surface area contributed by atoms with Gasteiger partial charge >= 0.3 is 6.09 Å². The molecule has 0 spiro atoms. The van der Waals surface area contributed by atoms with E-state index in [9.17, 15) is 4.79 Å². The number of fused-ring (bicyclic) bond motifs is 1. The van der Waals surface area contributed by atoms with E-state index in [0.717, 1.165) is 58.9 Å². The van der Waals surface area contributed by atoms with Gasteiger partial charge in [0.1, 0.15) is 11.6 Å². The Morgan fingerprint density at radius 3 is 2.79 bits per heavy atom. The zero-order chi connectivity index (χ0) is 20.1. The smallest absolute Gasteiger partial charge is 0.407 e. The number of hydrogen-bond donors (Lipinski definition) is 1. The summed E-state index contributed by atoms with van der Waals surface area (Å²) in [5, 5.41) is 7.03. The number of nitrogens with zero attached hydrogens (tertiary/aromatic N) is 4. The molecule has 0 radical (unpaired) electrons. The minimum absolute atomic E-state index is 0.142. The van der Waals surface area contributed by atoms with Gasteiger partial charge in [0.15, 0.2) is 0 Å². The van der Waals surface area contributed by atoms with Gasteiger partial charge in [-0.3, -0.25) is 0 Å². The molecule has 1 N–H and O–H groups in total. The van der Waals surface area contributed by atoms with Crippen LogP contribution in [-0.4, -0.2) is 52.4 Å². The average Bonchev–Trinajstić information content (AvgIpc) is 3.38. The summed E-state index contributed by atoms with van der Waals surface area (Å²) >= 11 is 0. The lowest BCUT2D eigenvalue weighted by Gasteiger charge is -2.26. The predicted octanol–water partition coefficient (Wildman–Crippen LogP) is 3.36. The van der Waals surface area contributed by atoms with Crippen molar-refractivity contribution < 1.29 is 14.1 Å². The first-order valence-corrected chi connectivity index (χ1v) is 10.1. The number of amides is 1. The van der Waals surface area contributed by atoms with E-state index in [1.807, 2.05) is 13.8 Å². The number of imidazole rings is 1. The SMILES string of the molecule is Cc1noc(C)c1-c1ccc2c(c1)nc([C@@H]1CCOC(=O)N1)n2[C@H]1CCN(C)C1. The lowest BCUT2D eigenvalue weighted by atomic mass is 10.0. The molecule has 2 aromatic heterocycles. The van der Waals surface area contributed by atoms with Gasteiger partial charge < -0.3 is 24.0 Å². The van der Waals surface area contributed by atoms with Crippen molar-refractivity contribution in [1.82, 2.24) is 24.9 Å². The third-order valence-electron chi connectivity index (χ3n) is 6.01. The molecule has 1 amide bonds. The average molecular weight is 395 g/mol. The van der Waals surface area contributed by atoms with Gasteiger partial charge in [-0.2, -0.15) is 0 Å². The van der Waals surface area contributed by atoms with Crippen molar-refractivity contribution in [3.63, 3.8) is 0 Å². The third kappa shape index (κ3) is 3.07. The van der Waals surface area contributed by atoms with E-state index < -0.39 is 0 Å². The fourth-order valence-electron chi connectivity index (χ4n) is 4.64. The summed E-state index contributed by atoms with van der Waals surface area (Å²) in [5.74, 6) is 1.71. The Morgan fingerprint density at radius 2 is 2.10 bits per heavy atom. The Morgan fingerprint density at radius 1 is 1.24 bits per heavy atom. The van der Waals surface area contributed by atoms with E-state index in [-0.39, 0.29) is 12.1 Å². The van der Waals surface area contributed by atoms with Gasteiger partial charge in [-0.1, -0.05) is 11.2 Å². The summed E-state index contributed by atoms with van der Waals surface area (Å²) in [6, 6.07) is 6.54. The molecule has 8 nitrogen and oxygen atoms in total. The first-order chi connectivity index (χ1) is 14.0. The highest BCUT2D eigenvalue weighted by molar-refractivity contribution is 5.84. The number of benzene rings is 1. The molecule has 2 atom stereocenters. The lowest BCUT2D eigenvalue weighted by molar-refractivity contribution is 0.113. The number of cyclic esters (lactones) is 1. The number of rotatable bonds is 3. The molecule has 152 valence electrons. The summed E-state index contributed by atoms with van der Waals surface area (Å²) in [6.45, 7) is 6.32. The maximum absolute atomic E-state index is 11.8. The van der Waals surface area contributed by atoms with E-state index in [4.69, 9.17) is 14.2 Å². The molecule has 5 rings (SSSR count). The van der Waals surface area contributed by atoms with E-state index in [0.29, 0.717) is 19.1 Å². The number of alkyl carbamates (subject to hydrolysis) is 1. The standard InChI is InChI=1S/C21H25N5O3/c1-12-19(13(2)29-24-12)14-4-5-18-17(10-14)22-20(16-7-9-28-21(27)23-16)26(18)15-6-8-25(3)11-15/h4-5,10,15-16H,6-9,11H2,1-3H3,(H,23,27)/t15-,16-/m0/s1. The van der Waals surface area contributed by atoms with Crippen LogP contribution in [0.2, 0.25) is 0 Å². The van der Waals surface area contributed by atoms with Crippen LogP contribution in [0.15, 0.2) is 22.7 Å². The van der Waals surface area contributed by atoms with E-state index in [1.165, 1.54) is 0 Å². The normalized spacial score (nSPS) is 22.8. The Hall–Kier alpha value is -2.87. The molecule has 2 saturated heterocycles. The molecule has 2 aliphatic rings. The van der Waals surface area contributed by atoms with Crippen molar-refractivity contribution in [1.29, 1.82) is 0 Å². The lowest BCUT2D eigenvalue weighted by Crippen LogP contribution is -2.37. The molecule has 0 unspecified atom stereocenters. The number of likely N-dealkylation sites (tertiary alicyclic amines) is 1. The fourth-order valence-corrected chi connectivity index (χ4v) is 4.64. The van der Waals surface area contributed by atoms with Gasteiger partial charge in [-0.15, -0.1) is 0 Å². The number of carbonyl (C=O) groups excluding carboxylic acids is 1. The number of ether oxygens (including phenoxy) is 1. The zero-order valence-electron chi connectivity index (χ0n) is 16.9. The number of aryl methyl sites for hydroxylation is 2. The van der Waals surface area contributed by atoms with Gasteiger partial charge in [-0.05, 0) is 51.6 Å². The van der Waals surface area contributed by atoms with Gasteiger partial charge in [0, 0.05) is 24.6 Å². The molecule has 8 heteroatoms. The monoisotopic (exact) mass is 395 g/mol. The highest BCUT2D eigenvalue weighted by atomic mass is 16.5. The number of likely N-dealkylation sites (N-methyl/N-ethyl adjacent to an activating group) is 1. The van der Waals surface area contributed by atoms with Crippen LogP contribution in [0, 0.1) is 13.8 Å². The topological polar surface area (TPSA) is 85.4 Å². The summed E-state index contributed by atoms with van der Waals surface area (Å²) in [4.78, 5) is 19.2. The summed E-state index contributed by atoms with van der Waals surface area (Å²) < 4.78 is 12.7. The van der Waals surface area contributed by atoms with Crippen molar-refractivity contribution in [2.45, 2.75) is 38.8 Å². The Labute approximate surface area is 168 Å². The fraction of sp³-hybridized carbons (Fsp3) is 0.476. The van der Waals surface area contributed by atoms with E-state index in [2.05, 4.69) is 45.2 Å². The molecular formula is C21H25N5O3. The second-order valence-corrected chi connectivity index (χ2v) is 8.07. The number of carbonyl (C=O) groups is 1. The quantitative estimate of drug-likeness (QED) is 0.732. The van der Waals surface area contributed by atoms with Crippen LogP contribution in [0.4, 0.5) is 4.79 Å². The predicted molar refractivity (Wildman–Crippen MR) is 108 cm³/mol. The second kappa shape index (κ2) is 6.88. The Bertz CT molecular complexity index is 1070. The van der Waals surface area contributed by atoms with E-state index in [1.54, 1.807) is 0 Å². The molecule has 0 aliphatic carbocycles. The highest BCUT2D eigenvalue weighted by Gasteiger charge is 2.31. The second-order valence-electron chi connectivity index (χ2n) is 8.07. The summed E-state index contributed by atoms with van der Waals surface area (Å²) in [7, 11) is 2.14. The third-order valence-corrected chi connectivity index (χ3v) is 6.01. The molecule has 2 fully saturated rings. The molecule has 4 heterocycles. The van der Waals surface area contributed by atoms with Gasteiger partial charge in [0.05, 0.1) is 29.4 Å². The number of hydrogen-bond acceptors (Lipinski definition) is 6. The largest absolute Gasteiger partial charge is 0.449 e. The minimum atomic E-state index is -0.375. The molecular weight excluding hydrogens is 370 g/mol. The van der Waals surface area contributed by atoms with Crippen LogP contribution in [0.3, 0.4) is 0 Å². The number of aromatic nitrogens is 3. The van der Waals surface area contributed by atoms with Crippen LogP contribution >= 0.6 is 0 Å². The number of nitrogens with one attached hydrogen (secondary N) is 1. The van der Waals surface area contributed by atoms with Crippen LogP contribution < -0.4 is 5.32 Å². The van der Waals surface area contributed by atoms with Crippen LogP contribution in [0.1, 0.15) is 42.2 Å². The van der Waals surface area contributed by atoms with Gasteiger partial charge in [0.2, 0.25) is 0 Å². The molecule has 0 bridgehead atoms. The van der Waals surface area contributed by atoms with Crippen LogP contribution in [-0.2, 0) is 4.74 Å². The summed E-state index contributed by atoms with van der Waals surface area (Å²) in [5.41, 5.74) is 4.95.